The molecule has 0 fully saturated rings. The number of hydrogen-bond donors (Lipinski definition) is 1. The molecule has 62 valence electrons. The van der Waals surface area contributed by atoms with Gasteiger partial charge in [0.15, 0.2) is 5.75 Å². The van der Waals surface area contributed by atoms with Crippen LogP contribution in [-0.2, 0) is 0 Å². The van der Waals surface area contributed by atoms with Crippen molar-refractivity contribution in [3.05, 3.63) is 21.2 Å². The molecule has 4 nitrogen and oxygen atoms in total. The molecule has 0 radical (unpaired) electrons. The largest absolute Gasteiger partial charge is 0.445 e. The number of nitro benzene ring substituents is 1. The first kappa shape index (κ1) is 7.70. The van der Waals surface area contributed by atoms with Crippen LogP contribution < -0.4 is 4.74 Å². The van der Waals surface area contributed by atoms with Gasteiger partial charge in [0.2, 0.25) is 5.75 Å². The molecule has 2 aliphatic heterocycles. The molecule has 0 saturated heterocycles. The zero-order chi connectivity index (χ0) is 8.88. The third kappa shape index (κ3) is 0.804. The van der Waals surface area contributed by atoms with Crippen molar-refractivity contribution in [1.29, 1.82) is 0 Å². The van der Waals surface area contributed by atoms with Crippen LogP contribution in [0.2, 0.25) is 5.02 Å². The molecule has 1 aromatic rings. The lowest BCUT2D eigenvalue weighted by Gasteiger charge is -2.20. The number of halogens is 1. The number of ether oxygens (including phenoxy) is 1. The van der Waals surface area contributed by atoms with E-state index < -0.39 is 4.92 Å². The smallest absolute Gasteiger partial charge is 0.314 e. The van der Waals surface area contributed by atoms with Crippen LogP contribution in [0.1, 0.15) is 0 Å². The van der Waals surface area contributed by atoms with Crippen molar-refractivity contribution in [2.24, 2.45) is 0 Å². The van der Waals surface area contributed by atoms with Gasteiger partial charge < -0.3 is 4.74 Å². The highest BCUT2D eigenvalue weighted by Crippen LogP contribution is 2.55. The Kier molecular flexibility index (Phi) is 1.46. The van der Waals surface area contributed by atoms with Gasteiger partial charge in [0.1, 0.15) is 5.02 Å². The highest BCUT2D eigenvalue weighted by atomic mass is 35.5. The first-order valence-corrected chi connectivity index (χ1v) is 3.81. The minimum absolute atomic E-state index is 0.134. The van der Waals surface area contributed by atoms with Gasteiger partial charge >= 0.3 is 5.69 Å². The number of nitro groups is 1. The lowest BCUT2D eigenvalue weighted by molar-refractivity contribution is -0.386. The van der Waals surface area contributed by atoms with E-state index in [1.807, 2.05) is 0 Å². The molecule has 0 spiro atoms. The summed E-state index contributed by atoms with van der Waals surface area (Å²) in [6.07, 6.45) is 0. The van der Waals surface area contributed by atoms with Crippen LogP contribution in [0.5, 0.6) is 11.5 Å². The van der Waals surface area contributed by atoms with Gasteiger partial charge in [0.25, 0.3) is 0 Å². The van der Waals surface area contributed by atoms with E-state index in [2.05, 4.69) is 12.6 Å². The molecule has 3 rings (SSSR count). The lowest BCUT2D eigenvalue weighted by atomic mass is 10.2. The van der Waals surface area contributed by atoms with Crippen LogP contribution >= 0.6 is 24.2 Å². The Balaban J connectivity index is 2.68. The molecule has 0 aromatic heterocycles. The highest BCUT2D eigenvalue weighted by Gasteiger charge is 2.33. The fourth-order valence-corrected chi connectivity index (χ4v) is 1.60. The van der Waals surface area contributed by atoms with Crippen molar-refractivity contribution in [3.63, 3.8) is 0 Å². The Morgan fingerprint density at radius 1 is 1.58 bits per heavy atom. The summed E-state index contributed by atoms with van der Waals surface area (Å²) in [5.74, 6) is 0.551. The molecular weight excluding hydrogens is 202 g/mol. The second-order valence-electron chi connectivity index (χ2n) is 2.25. The van der Waals surface area contributed by atoms with Crippen molar-refractivity contribution >= 4 is 29.9 Å². The summed E-state index contributed by atoms with van der Waals surface area (Å²) in [6, 6.07) is 1.32. The fourth-order valence-electron chi connectivity index (χ4n) is 0.974. The molecular formula is C6H2ClNO3S. The van der Waals surface area contributed by atoms with Crippen LogP contribution in [0.4, 0.5) is 5.69 Å². The van der Waals surface area contributed by atoms with E-state index in [4.69, 9.17) is 16.3 Å². The SMILES string of the molecule is O=[N+]([O-])c1cc(S)c2c(Cl)c1O2. The van der Waals surface area contributed by atoms with Crippen molar-refractivity contribution in [1.82, 2.24) is 0 Å². The van der Waals surface area contributed by atoms with E-state index in [9.17, 15) is 10.1 Å². The van der Waals surface area contributed by atoms with E-state index in [-0.39, 0.29) is 16.5 Å². The average molecular weight is 204 g/mol. The Morgan fingerprint density at radius 3 is 2.67 bits per heavy atom. The van der Waals surface area contributed by atoms with Gasteiger partial charge in [-0.1, -0.05) is 11.6 Å². The Bertz CT molecular complexity index is 386. The van der Waals surface area contributed by atoms with Gasteiger partial charge in [-0.05, 0) is 0 Å². The van der Waals surface area contributed by atoms with Gasteiger partial charge in [-0.3, -0.25) is 10.1 Å². The van der Waals surface area contributed by atoms with Crippen LogP contribution in [-0.4, -0.2) is 4.92 Å². The van der Waals surface area contributed by atoms with Crippen LogP contribution in [0.3, 0.4) is 0 Å². The average Bonchev–Trinajstić information content (AvgIpc) is 2.01. The van der Waals surface area contributed by atoms with Crippen molar-refractivity contribution in [2.45, 2.75) is 4.90 Å². The summed E-state index contributed by atoms with van der Waals surface area (Å²) in [6.45, 7) is 0. The molecule has 0 aliphatic carbocycles. The number of thiol groups is 1. The molecule has 2 heterocycles. The molecule has 0 unspecified atom stereocenters. The van der Waals surface area contributed by atoms with Crippen LogP contribution in [0.15, 0.2) is 11.0 Å². The van der Waals surface area contributed by atoms with Gasteiger partial charge in [-0.25, -0.2) is 0 Å². The van der Waals surface area contributed by atoms with Crippen molar-refractivity contribution < 1.29 is 9.66 Å². The molecule has 2 bridgehead atoms. The van der Waals surface area contributed by atoms with Gasteiger partial charge in [0.05, 0.1) is 9.82 Å². The van der Waals surface area contributed by atoms with Crippen molar-refractivity contribution in [3.8, 4) is 11.5 Å². The predicted octanol–water partition coefficient (Wildman–Crippen LogP) is 2.64. The number of hydrogen-bond acceptors (Lipinski definition) is 4. The second-order valence-corrected chi connectivity index (χ2v) is 3.11. The van der Waals surface area contributed by atoms with E-state index in [0.29, 0.717) is 10.6 Å². The van der Waals surface area contributed by atoms with E-state index in [0.717, 1.165) is 0 Å². The van der Waals surface area contributed by atoms with E-state index in [1.54, 1.807) is 0 Å². The second kappa shape index (κ2) is 2.27. The topological polar surface area (TPSA) is 52.4 Å². The minimum atomic E-state index is -0.552. The minimum Gasteiger partial charge on any atom is -0.445 e. The maximum Gasteiger partial charge on any atom is 0.314 e. The Hall–Kier alpha value is -0.940. The third-order valence-corrected chi connectivity index (χ3v) is 2.21. The molecule has 6 heteroatoms. The van der Waals surface area contributed by atoms with E-state index in [1.165, 1.54) is 6.07 Å². The molecule has 0 saturated carbocycles. The Morgan fingerprint density at radius 2 is 2.25 bits per heavy atom. The van der Waals surface area contributed by atoms with Gasteiger partial charge in [-0.15, -0.1) is 12.6 Å². The predicted molar refractivity (Wildman–Crippen MR) is 45.4 cm³/mol. The highest BCUT2D eigenvalue weighted by molar-refractivity contribution is 7.80. The molecule has 0 amide bonds. The molecule has 12 heavy (non-hydrogen) atoms. The fraction of sp³-hybridized carbons (Fsp3) is 0. The number of fused-ring (bicyclic) bond motifs is 2. The summed E-state index contributed by atoms with van der Waals surface area (Å²) in [5, 5.41) is 10.7. The molecule has 0 N–H and O–H groups in total. The summed E-state index contributed by atoms with van der Waals surface area (Å²) in [5.41, 5.74) is -0.139. The third-order valence-electron chi connectivity index (χ3n) is 1.54. The standard InChI is InChI=1S/C6H2ClNO3S/c7-4-5-2(8(9)10)1-3(12)6(4)11-5/h1,12H. The number of nitrogens with zero attached hydrogens (tertiary/aromatic N) is 1. The Labute approximate surface area is 77.7 Å². The van der Waals surface area contributed by atoms with Crippen LogP contribution in [0, 0.1) is 10.1 Å². The van der Waals surface area contributed by atoms with Gasteiger partial charge in [0, 0.05) is 6.07 Å². The summed E-state index contributed by atoms with van der Waals surface area (Å²) < 4.78 is 4.91. The van der Waals surface area contributed by atoms with E-state index >= 15 is 0 Å². The summed E-state index contributed by atoms with van der Waals surface area (Å²) >= 11 is 9.62. The summed E-state index contributed by atoms with van der Waals surface area (Å²) in [7, 11) is 0. The first-order valence-electron chi connectivity index (χ1n) is 2.99. The number of benzene rings is 1. The molecule has 1 aromatic carbocycles. The maximum atomic E-state index is 10.4. The zero-order valence-corrected chi connectivity index (χ0v) is 7.22. The normalized spacial score (nSPS) is 11.8. The van der Waals surface area contributed by atoms with Crippen molar-refractivity contribution in [2.75, 3.05) is 0 Å². The maximum absolute atomic E-state index is 10.4. The van der Waals surface area contributed by atoms with Crippen LogP contribution in [0.25, 0.3) is 0 Å². The zero-order valence-electron chi connectivity index (χ0n) is 5.57. The number of rotatable bonds is 1. The first-order chi connectivity index (χ1) is 5.61. The summed E-state index contributed by atoms with van der Waals surface area (Å²) in [4.78, 5) is 10.2. The molecule has 2 aliphatic rings. The quantitative estimate of drug-likeness (QED) is 0.440. The van der Waals surface area contributed by atoms with Gasteiger partial charge in [-0.2, -0.15) is 0 Å². The molecule has 0 atom stereocenters. The monoisotopic (exact) mass is 203 g/mol. The lowest BCUT2D eigenvalue weighted by Crippen LogP contribution is -2.04.